The van der Waals surface area contributed by atoms with E-state index < -0.39 is 27.4 Å². The SMILES string of the molecule is C=C1CC2=C(CCC3=CCC(C(=O)OC)(C(=O)OC)C[C@@H]32)[C@H]2CN(S(=O)(=O)c3ccc(C)cc3)C[C@@H]12. The van der Waals surface area contributed by atoms with E-state index in [2.05, 4.69) is 6.58 Å². The number of aryl methyl sites for hydroxylation is 1. The summed E-state index contributed by atoms with van der Waals surface area (Å²) < 4.78 is 38.6. The first kappa shape index (κ1) is 25.0. The Bertz CT molecular complexity index is 1270. The Morgan fingerprint density at radius 1 is 1.00 bits per heavy atom. The summed E-state index contributed by atoms with van der Waals surface area (Å²) in [6.07, 6.45) is 4.98. The lowest BCUT2D eigenvalue weighted by atomic mass is 9.59. The zero-order chi connectivity index (χ0) is 25.8. The van der Waals surface area contributed by atoms with Crippen LogP contribution in [0.2, 0.25) is 0 Å². The predicted molar refractivity (Wildman–Crippen MR) is 134 cm³/mol. The van der Waals surface area contributed by atoms with Gasteiger partial charge < -0.3 is 9.47 Å². The maximum absolute atomic E-state index is 13.5. The van der Waals surface area contributed by atoms with Gasteiger partial charge in [0.05, 0.1) is 19.1 Å². The molecule has 0 radical (unpaired) electrons. The number of fused-ring (bicyclic) bond motifs is 4. The molecule has 8 heteroatoms. The number of hydrogen-bond donors (Lipinski definition) is 0. The van der Waals surface area contributed by atoms with E-state index in [0.717, 1.165) is 24.0 Å². The van der Waals surface area contributed by atoms with Crippen molar-refractivity contribution in [3.8, 4) is 0 Å². The third kappa shape index (κ3) is 3.77. The molecule has 192 valence electrons. The lowest BCUT2D eigenvalue weighted by Crippen LogP contribution is -2.45. The van der Waals surface area contributed by atoms with Crippen LogP contribution < -0.4 is 0 Å². The number of hydrogen-bond acceptors (Lipinski definition) is 6. The first-order chi connectivity index (χ1) is 17.1. The molecule has 0 N–H and O–H groups in total. The second-order valence-corrected chi connectivity index (χ2v) is 12.5. The third-order valence-electron chi connectivity index (χ3n) is 8.72. The smallest absolute Gasteiger partial charge is 0.323 e. The molecule has 7 nitrogen and oxygen atoms in total. The zero-order valence-corrected chi connectivity index (χ0v) is 21.9. The predicted octanol–water partition coefficient (Wildman–Crippen LogP) is 3.95. The van der Waals surface area contributed by atoms with Crippen molar-refractivity contribution in [2.75, 3.05) is 27.3 Å². The molecule has 1 heterocycles. The van der Waals surface area contributed by atoms with Crippen LogP contribution in [0.15, 0.2) is 64.1 Å². The first-order valence-electron chi connectivity index (χ1n) is 12.4. The van der Waals surface area contributed by atoms with Crippen molar-refractivity contribution in [1.82, 2.24) is 4.31 Å². The molecule has 0 spiro atoms. The molecular formula is C28H33NO6S. The summed E-state index contributed by atoms with van der Waals surface area (Å²) in [6.45, 7) is 7.15. The molecule has 1 aromatic rings. The van der Waals surface area contributed by atoms with Gasteiger partial charge in [0, 0.05) is 30.8 Å². The van der Waals surface area contributed by atoms with Crippen molar-refractivity contribution >= 4 is 22.0 Å². The highest BCUT2D eigenvalue weighted by Gasteiger charge is 2.54. The minimum atomic E-state index is -3.61. The number of methoxy groups -OCH3 is 2. The summed E-state index contributed by atoms with van der Waals surface area (Å²) in [5.74, 6) is -1.07. The van der Waals surface area contributed by atoms with E-state index in [1.165, 1.54) is 30.9 Å². The van der Waals surface area contributed by atoms with E-state index in [9.17, 15) is 18.0 Å². The maximum Gasteiger partial charge on any atom is 0.323 e. The van der Waals surface area contributed by atoms with Gasteiger partial charge in [0.25, 0.3) is 0 Å². The Labute approximate surface area is 212 Å². The van der Waals surface area contributed by atoms with Gasteiger partial charge in [0.15, 0.2) is 5.41 Å². The van der Waals surface area contributed by atoms with Crippen molar-refractivity contribution in [3.05, 3.63) is 64.8 Å². The number of ether oxygens (including phenoxy) is 2. The second-order valence-electron chi connectivity index (χ2n) is 10.5. The maximum atomic E-state index is 13.5. The third-order valence-corrected chi connectivity index (χ3v) is 10.6. The molecule has 1 saturated heterocycles. The number of allylic oxidation sites excluding steroid dienone is 3. The number of nitrogens with zero attached hydrogens (tertiary/aromatic N) is 1. The molecule has 1 fully saturated rings. The van der Waals surface area contributed by atoms with E-state index >= 15 is 0 Å². The van der Waals surface area contributed by atoms with Crippen LogP contribution in [0.25, 0.3) is 0 Å². The Balaban J connectivity index is 1.48. The molecule has 3 aliphatic carbocycles. The Morgan fingerprint density at radius 3 is 2.28 bits per heavy atom. The van der Waals surface area contributed by atoms with Crippen molar-refractivity contribution in [3.63, 3.8) is 0 Å². The second kappa shape index (κ2) is 8.99. The van der Waals surface area contributed by atoms with E-state index in [1.807, 2.05) is 25.1 Å². The van der Waals surface area contributed by atoms with Crippen LogP contribution >= 0.6 is 0 Å². The van der Waals surface area contributed by atoms with E-state index in [4.69, 9.17) is 9.47 Å². The molecule has 0 amide bonds. The van der Waals surface area contributed by atoms with Gasteiger partial charge in [-0.15, -0.1) is 0 Å². The highest BCUT2D eigenvalue weighted by molar-refractivity contribution is 7.89. The van der Waals surface area contributed by atoms with Crippen LogP contribution in [-0.2, 0) is 29.1 Å². The summed E-state index contributed by atoms with van der Waals surface area (Å²) in [6, 6.07) is 6.99. The Kier molecular flexibility index (Phi) is 6.24. The molecule has 0 bridgehead atoms. The largest absolute Gasteiger partial charge is 0.468 e. The molecule has 0 saturated carbocycles. The number of benzene rings is 1. The van der Waals surface area contributed by atoms with Crippen LogP contribution in [0.4, 0.5) is 0 Å². The van der Waals surface area contributed by atoms with Gasteiger partial charge in [-0.1, -0.05) is 52.6 Å². The van der Waals surface area contributed by atoms with Crippen molar-refractivity contribution < 1.29 is 27.5 Å². The molecule has 4 aliphatic rings. The number of sulfonamides is 1. The van der Waals surface area contributed by atoms with Gasteiger partial charge in [0.1, 0.15) is 0 Å². The van der Waals surface area contributed by atoms with Crippen LogP contribution in [0.1, 0.15) is 37.7 Å². The molecule has 5 rings (SSSR count). The molecule has 0 unspecified atom stereocenters. The van der Waals surface area contributed by atoms with Crippen molar-refractivity contribution in [1.29, 1.82) is 0 Å². The number of carbonyl (C=O) groups is 2. The average Bonchev–Trinajstić information content (AvgIpc) is 3.35. The van der Waals surface area contributed by atoms with E-state index in [1.54, 1.807) is 16.4 Å². The highest BCUT2D eigenvalue weighted by Crippen LogP contribution is 2.55. The molecular weight excluding hydrogens is 478 g/mol. The fourth-order valence-corrected chi connectivity index (χ4v) is 8.22. The molecule has 3 atom stereocenters. The summed E-state index contributed by atoms with van der Waals surface area (Å²) >= 11 is 0. The molecule has 36 heavy (non-hydrogen) atoms. The van der Waals surface area contributed by atoms with Gasteiger partial charge in [-0.05, 0) is 51.2 Å². The van der Waals surface area contributed by atoms with Gasteiger partial charge in [0.2, 0.25) is 10.0 Å². The van der Waals surface area contributed by atoms with Gasteiger partial charge in [-0.2, -0.15) is 4.31 Å². The summed E-state index contributed by atoms with van der Waals surface area (Å²) in [5.41, 5.74) is 4.40. The van der Waals surface area contributed by atoms with E-state index in [0.29, 0.717) is 30.8 Å². The Hall–Kier alpha value is -2.71. The summed E-state index contributed by atoms with van der Waals surface area (Å²) in [7, 11) is -1.01. The molecule has 1 aromatic carbocycles. The summed E-state index contributed by atoms with van der Waals surface area (Å²) in [5, 5.41) is 0. The quantitative estimate of drug-likeness (QED) is 0.345. The lowest BCUT2D eigenvalue weighted by Gasteiger charge is -2.44. The monoisotopic (exact) mass is 511 g/mol. The van der Waals surface area contributed by atoms with Crippen LogP contribution in [0.5, 0.6) is 0 Å². The number of rotatable bonds is 4. The van der Waals surface area contributed by atoms with Gasteiger partial charge in [-0.3, -0.25) is 9.59 Å². The fourth-order valence-electron chi connectivity index (χ4n) is 6.73. The topological polar surface area (TPSA) is 90.0 Å². The number of esters is 2. The normalized spacial score (nSPS) is 27.5. The minimum Gasteiger partial charge on any atom is -0.468 e. The van der Waals surface area contributed by atoms with Crippen LogP contribution in [-0.4, -0.2) is 52.0 Å². The fraction of sp³-hybridized carbons (Fsp3) is 0.500. The number of carbonyl (C=O) groups excluding carboxylic acids is 2. The lowest BCUT2D eigenvalue weighted by molar-refractivity contribution is -0.170. The average molecular weight is 512 g/mol. The molecule has 1 aliphatic heterocycles. The zero-order valence-electron chi connectivity index (χ0n) is 21.1. The van der Waals surface area contributed by atoms with Gasteiger partial charge >= 0.3 is 11.9 Å². The minimum absolute atomic E-state index is 0.0654. The van der Waals surface area contributed by atoms with Crippen LogP contribution in [0, 0.1) is 30.1 Å². The van der Waals surface area contributed by atoms with E-state index in [-0.39, 0.29) is 24.2 Å². The van der Waals surface area contributed by atoms with Crippen molar-refractivity contribution in [2.24, 2.45) is 23.2 Å². The summed E-state index contributed by atoms with van der Waals surface area (Å²) in [4.78, 5) is 26.0. The first-order valence-corrected chi connectivity index (χ1v) is 13.9. The van der Waals surface area contributed by atoms with Crippen LogP contribution in [0.3, 0.4) is 0 Å². The Morgan fingerprint density at radius 2 is 1.64 bits per heavy atom. The molecule has 0 aromatic heterocycles. The highest BCUT2D eigenvalue weighted by atomic mass is 32.2. The van der Waals surface area contributed by atoms with Crippen molar-refractivity contribution in [2.45, 2.75) is 43.9 Å². The van der Waals surface area contributed by atoms with Gasteiger partial charge in [-0.25, -0.2) is 8.42 Å². The standard InChI is InChI=1S/C28H33NO6S/c1-17-5-8-20(9-6-17)36(32,33)29-15-24-18(2)13-22-21(25(24)16-29)10-7-19-11-12-28(14-23(19)22,26(30)34-3)27(31)35-4/h5-6,8-9,11,23-25H,2,7,10,12-16H2,1,3-4H3/t23-,24-,25+/m0/s1.